The molecule has 0 bridgehead atoms. The van der Waals surface area contributed by atoms with E-state index in [1.807, 2.05) is 0 Å². The van der Waals surface area contributed by atoms with Crippen molar-refractivity contribution in [2.24, 2.45) is 0 Å². The first-order valence-corrected chi connectivity index (χ1v) is 6.50. The summed E-state index contributed by atoms with van der Waals surface area (Å²) in [5.74, 6) is 0. The van der Waals surface area contributed by atoms with Gasteiger partial charge in [-0.25, -0.2) is 0 Å². The minimum atomic E-state index is 0.455. The lowest BCUT2D eigenvalue weighted by atomic mass is 10.0. The molecule has 1 N–H and O–H groups in total. The summed E-state index contributed by atoms with van der Waals surface area (Å²) < 4.78 is 0. The van der Waals surface area contributed by atoms with Crippen LogP contribution in [0.3, 0.4) is 0 Å². The highest BCUT2D eigenvalue weighted by Gasteiger charge is 2.10. The third kappa shape index (κ3) is 3.97. The summed E-state index contributed by atoms with van der Waals surface area (Å²) in [4.78, 5) is 0. The molecule has 1 aromatic rings. The molecule has 0 saturated heterocycles. The van der Waals surface area contributed by atoms with E-state index in [0.29, 0.717) is 12.1 Å². The van der Waals surface area contributed by atoms with E-state index in [1.54, 1.807) is 0 Å². The highest BCUT2D eigenvalue weighted by Crippen LogP contribution is 2.16. The Hall–Kier alpha value is -0.820. The van der Waals surface area contributed by atoms with E-state index in [9.17, 15) is 0 Å². The van der Waals surface area contributed by atoms with E-state index in [-0.39, 0.29) is 0 Å². The van der Waals surface area contributed by atoms with Gasteiger partial charge in [0.05, 0.1) is 0 Å². The highest BCUT2D eigenvalue weighted by molar-refractivity contribution is 5.24. The van der Waals surface area contributed by atoms with Crippen LogP contribution >= 0.6 is 0 Å². The third-order valence-electron chi connectivity index (χ3n) is 3.16. The monoisotopic (exact) mass is 219 g/mol. The van der Waals surface area contributed by atoms with Crippen LogP contribution in [0.15, 0.2) is 24.3 Å². The minimum Gasteiger partial charge on any atom is -0.307 e. The molecule has 1 heteroatoms. The van der Waals surface area contributed by atoms with Gasteiger partial charge in [0.2, 0.25) is 0 Å². The molecule has 0 aliphatic heterocycles. The number of benzene rings is 1. The molecule has 0 heterocycles. The zero-order valence-electron chi connectivity index (χ0n) is 11.1. The van der Waals surface area contributed by atoms with Crippen molar-refractivity contribution >= 4 is 0 Å². The molecule has 1 nitrogen and oxygen atoms in total. The molecule has 0 amide bonds. The summed E-state index contributed by atoms with van der Waals surface area (Å²) in [6.07, 6.45) is 3.74. The molecule has 16 heavy (non-hydrogen) atoms. The van der Waals surface area contributed by atoms with E-state index >= 15 is 0 Å². The standard InChI is InChI=1S/C15H25N/c1-5-8-15(6-2)16-13(4)14-10-7-9-12(3)11-14/h7,9-11,13,15-16H,5-6,8H2,1-4H3/t13-,15?/m1/s1. The quantitative estimate of drug-likeness (QED) is 0.755. The van der Waals surface area contributed by atoms with Gasteiger partial charge >= 0.3 is 0 Å². The fourth-order valence-corrected chi connectivity index (χ4v) is 2.14. The van der Waals surface area contributed by atoms with Gasteiger partial charge in [-0.15, -0.1) is 0 Å². The van der Waals surface area contributed by atoms with Crippen LogP contribution in [0.4, 0.5) is 0 Å². The Labute approximate surface area is 100 Å². The van der Waals surface area contributed by atoms with Crippen molar-refractivity contribution in [3.05, 3.63) is 35.4 Å². The predicted molar refractivity (Wildman–Crippen MR) is 71.7 cm³/mol. The average molecular weight is 219 g/mol. The lowest BCUT2D eigenvalue weighted by Gasteiger charge is -2.22. The van der Waals surface area contributed by atoms with Crippen LogP contribution in [0.5, 0.6) is 0 Å². The van der Waals surface area contributed by atoms with Crippen LogP contribution < -0.4 is 5.32 Å². The molecular weight excluding hydrogens is 194 g/mol. The summed E-state index contributed by atoms with van der Waals surface area (Å²) in [6.45, 7) is 8.92. The number of rotatable bonds is 6. The van der Waals surface area contributed by atoms with Crippen molar-refractivity contribution in [2.45, 2.75) is 59.0 Å². The molecule has 0 saturated carbocycles. The minimum absolute atomic E-state index is 0.455. The SMILES string of the molecule is CCCC(CC)N[C@H](C)c1cccc(C)c1. The van der Waals surface area contributed by atoms with E-state index in [0.717, 1.165) is 0 Å². The van der Waals surface area contributed by atoms with Gasteiger partial charge in [-0.3, -0.25) is 0 Å². The normalized spacial score (nSPS) is 14.8. The maximum Gasteiger partial charge on any atom is 0.0294 e. The van der Waals surface area contributed by atoms with Crippen molar-refractivity contribution in [3.8, 4) is 0 Å². The van der Waals surface area contributed by atoms with Gasteiger partial charge in [0, 0.05) is 12.1 Å². The molecule has 1 aromatic carbocycles. The van der Waals surface area contributed by atoms with Crippen molar-refractivity contribution in [1.82, 2.24) is 5.32 Å². The van der Waals surface area contributed by atoms with Gasteiger partial charge in [-0.2, -0.15) is 0 Å². The Morgan fingerprint density at radius 1 is 1.25 bits per heavy atom. The third-order valence-corrected chi connectivity index (χ3v) is 3.16. The van der Waals surface area contributed by atoms with Crippen molar-refractivity contribution in [3.63, 3.8) is 0 Å². The van der Waals surface area contributed by atoms with Crippen LogP contribution in [0.2, 0.25) is 0 Å². The molecule has 0 radical (unpaired) electrons. The van der Waals surface area contributed by atoms with Crippen LogP contribution in [0.25, 0.3) is 0 Å². The molecule has 0 fully saturated rings. The number of hydrogen-bond acceptors (Lipinski definition) is 1. The Balaban J connectivity index is 2.60. The van der Waals surface area contributed by atoms with Gasteiger partial charge < -0.3 is 5.32 Å². The summed E-state index contributed by atoms with van der Waals surface area (Å²) in [6, 6.07) is 9.89. The Morgan fingerprint density at radius 2 is 2.00 bits per heavy atom. The fourth-order valence-electron chi connectivity index (χ4n) is 2.14. The molecule has 0 aliphatic carbocycles. The first-order valence-electron chi connectivity index (χ1n) is 6.50. The lowest BCUT2D eigenvalue weighted by Crippen LogP contribution is -2.30. The van der Waals surface area contributed by atoms with E-state index in [4.69, 9.17) is 0 Å². The summed E-state index contributed by atoms with van der Waals surface area (Å²) in [5.41, 5.74) is 2.74. The molecule has 2 atom stereocenters. The van der Waals surface area contributed by atoms with Crippen LogP contribution in [-0.4, -0.2) is 6.04 Å². The van der Waals surface area contributed by atoms with Crippen molar-refractivity contribution < 1.29 is 0 Å². The van der Waals surface area contributed by atoms with E-state index in [1.165, 1.54) is 30.4 Å². The number of aryl methyl sites for hydroxylation is 1. The topological polar surface area (TPSA) is 12.0 Å². The van der Waals surface area contributed by atoms with Crippen molar-refractivity contribution in [1.29, 1.82) is 0 Å². The maximum absolute atomic E-state index is 3.71. The van der Waals surface area contributed by atoms with E-state index in [2.05, 4.69) is 57.3 Å². The molecule has 0 aromatic heterocycles. The largest absolute Gasteiger partial charge is 0.307 e. The van der Waals surface area contributed by atoms with E-state index < -0.39 is 0 Å². The number of hydrogen-bond donors (Lipinski definition) is 1. The van der Waals surface area contributed by atoms with Gasteiger partial charge in [0.25, 0.3) is 0 Å². The summed E-state index contributed by atoms with van der Waals surface area (Å²) in [7, 11) is 0. The maximum atomic E-state index is 3.71. The molecule has 0 aliphatic rings. The molecule has 90 valence electrons. The van der Waals surface area contributed by atoms with Gasteiger partial charge in [0.1, 0.15) is 0 Å². The van der Waals surface area contributed by atoms with Crippen molar-refractivity contribution in [2.75, 3.05) is 0 Å². The zero-order valence-corrected chi connectivity index (χ0v) is 11.1. The first-order chi connectivity index (χ1) is 7.67. The highest BCUT2D eigenvalue weighted by atomic mass is 14.9. The molecular formula is C15H25N. The average Bonchev–Trinajstić information content (AvgIpc) is 2.28. The molecule has 1 rings (SSSR count). The molecule has 0 spiro atoms. The zero-order chi connectivity index (χ0) is 12.0. The summed E-state index contributed by atoms with van der Waals surface area (Å²) in [5, 5.41) is 3.71. The van der Waals surface area contributed by atoms with Crippen LogP contribution in [0, 0.1) is 6.92 Å². The van der Waals surface area contributed by atoms with Gasteiger partial charge in [0.15, 0.2) is 0 Å². The Morgan fingerprint density at radius 3 is 2.56 bits per heavy atom. The Kier molecular flexibility index (Phi) is 5.54. The second kappa shape index (κ2) is 6.70. The van der Waals surface area contributed by atoms with Crippen LogP contribution in [-0.2, 0) is 0 Å². The second-order valence-corrected chi connectivity index (χ2v) is 4.70. The number of nitrogens with one attached hydrogen (secondary N) is 1. The summed E-state index contributed by atoms with van der Waals surface area (Å²) >= 11 is 0. The fraction of sp³-hybridized carbons (Fsp3) is 0.600. The lowest BCUT2D eigenvalue weighted by molar-refractivity contribution is 0.417. The predicted octanol–water partition coefficient (Wildman–Crippen LogP) is 4.22. The Bertz CT molecular complexity index is 306. The molecule has 1 unspecified atom stereocenters. The van der Waals surface area contributed by atoms with Crippen LogP contribution in [0.1, 0.15) is 57.2 Å². The smallest absolute Gasteiger partial charge is 0.0294 e. The first kappa shape index (κ1) is 13.2. The van der Waals surface area contributed by atoms with Gasteiger partial charge in [-0.05, 0) is 32.3 Å². The second-order valence-electron chi connectivity index (χ2n) is 4.70. The van der Waals surface area contributed by atoms with Gasteiger partial charge in [-0.1, -0.05) is 50.1 Å².